The van der Waals surface area contributed by atoms with Crippen molar-refractivity contribution >= 4 is 11.9 Å². The van der Waals surface area contributed by atoms with Crippen LogP contribution in [0.2, 0.25) is 0 Å². The summed E-state index contributed by atoms with van der Waals surface area (Å²) in [6, 6.07) is 0.247. The second kappa shape index (κ2) is 7.30. The summed E-state index contributed by atoms with van der Waals surface area (Å²) in [4.78, 5) is 33.4. The highest BCUT2D eigenvalue weighted by Gasteiger charge is 2.36. The third-order valence-electron chi connectivity index (χ3n) is 4.82. The zero-order valence-electron chi connectivity index (χ0n) is 14.3. The largest absolute Gasteiger partial charge is 0.392 e. The number of rotatable bonds is 4. The van der Waals surface area contributed by atoms with E-state index in [1.54, 1.807) is 31.0 Å². The quantitative estimate of drug-likeness (QED) is 0.774. The average Bonchev–Trinajstić information content (AvgIpc) is 3.06. The number of aromatic nitrogens is 4. The van der Waals surface area contributed by atoms with E-state index in [0.29, 0.717) is 37.7 Å². The van der Waals surface area contributed by atoms with E-state index in [1.807, 2.05) is 4.90 Å². The molecule has 136 valence electrons. The van der Waals surface area contributed by atoms with E-state index in [4.69, 9.17) is 0 Å². The van der Waals surface area contributed by atoms with E-state index in [9.17, 15) is 9.90 Å². The molecule has 2 aliphatic heterocycles. The molecule has 4 heterocycles. The predicted octanol–water partition coefficient (Wildman–Crippen LogP) is -0.230. The van der Waals surface area contributed by atoms with Gasteiger partial charge in [-0.2, -0.15) is 0 Å². The fourth-order valence-electron chi connectivity index (χ4n) is 3.50. The Bertz CT molecular complexity index is 755. The first kappa shape index (κ1) is 16.8. The van der Waals surface area contributed by atoms with E-state index in [0.717, 1.165) is 18.7 Å². The van der Waals surface area contributed by atoms with Gasteiger partial charge in [0.25, 0.3) is 5.91 Å². The lowest BCUT2D eigenvalue weighted by molar-refractivity contribution is 0.0568. The van der Waals surface area contributed by atoms with E-state index in [2.05, 4.69) is 30.2 Å². The summed E-state index contributed by atoms with van der Waals surface area (Å²) in [5.41, 5.74) is 1.26. The number of anilines is 1. The molecule has 2 aromatic rings. The lowest BCUT2D eigenvalue weighted by Crippen LogP contribution is -2.52. The number of piperazine rings is 1. The van der Waals surface area contributed by atoms with Crippen LogP contribution in [0.3, 0.4) is 0 Å². The molecule has 0 spiro atoms. The Hall–Kier alpha value is -2.65. The summed E-state index contributed by atoms with van der Waals surface area (Å²) in [5.74, 6) is 0.377. The zero-order chi connectivity index (χ0) is 17.9. The number of nitrogens with zero attached hydrogens (tertiary/aromatic N) is 6. The maximum absolute atomic E-state index is 12.7. The molecule has 0 radical (unpaired) electrons. The van der Waals surface area contributed by atoms with Crippen LogP contribution in [0.5, 0.6) is 0 Å². The number of carbonyl (C=O) groups excluding carboxylic acids is 1. The van der Waals surface area contributed by atoms with Crippen LogP contribution in [0.1, 0.15) is 22.5 Å². The third-order valence-corrected chi connectivity index (χ3v) is 4.82. The van der Waals surface area contributed by atoms with Gasteiger partial charge in [-0.05, 0) is 6.42 Å². The van der Waals surface area contributed by atoms with Gasteiger partial charge < -0.3 is 15.3 Å². The number of fused-ring (bicyclic) bond motifs is 1. The molecule has 2 atom stereocenters. The molecule has 2 aliphatic rings. The maximum Gasteiger partial charge on any atom is 0.257 e. The van der Waals surface area contributed by atoms with E-state index in [1.165, 1.54) is 0 Å². The SMILES string of the molecule is O=C(c1cnc(NCc2cnccn2)nc1)N1CCN2C[C@H](O)C[C@H]2C1. The minimum atomic E-state index is -0.280. The van der Waals surface area contributed by atoms with Crippen molar-refractivity contribution in [3.05, 3.63) is 42.2 Å². The van der Waals surface area contributed by atoms with E-state index >= 15 is 0 Å². The standard InChI is InChI=1S/C17H21N7O2/c25-15-5-14-10-24(4-3-23(14)11-15)16(26)12-6-20-17(21-7-12)22-9-13-8-18-1-2-19-13/h1-2,6-8,14-15,25H,3-5,9-11H2,(H,20,21,22)/t14-,15+/m0/s1. The molecule has 0 unspecified atom stereocenters. The fraction of sp³-hybridized carbons (Fsp3) is 0.471. The number of hydrogen-bond acceptors (Lipinski definition) is 8. The fourth-order valence-corrected chi connectivity index (χ4v) is 3.50. The van der Waals surface area contributed by atoms with Gasteiger partial charge in [0.1, 0.15) is 0 Å². The minimum Gasteiger partial charge on any atom is -0.392 e. The van der Waals surface area contributed by atoms with Crippen molar-refractivity contribution in [3.8, 4) is 0 Å². The number of amides is 1. The average molecular weight is 355 g/mol. The Morgan fingerprint density at radius 3 is 2.77 bits per heavy atom. The van der Waals surface area contributed by atoms with Crippen LogP contribution in [-0.2, 0) is 6.54 Å². The number of carbonyl (C=O) groups is 1. The molecule has 0 aliphatic carbocycles. The topological polar surface area (TPSA) is 107 Å². The molecule has 9 nitrogen and oxygen atoms in total. The Morgan fingerprint density at radius 2 is 2.00 bits per heavy atom. The normalized spacial score (nSPS) is 22.9. The molecule has 0 saturated carbocycles. The van der Waals surface area contributed by atoms with Gasteiger partial charge >= 0.3 is 0 Å². The van der Waals surface area contributed by atoms with Gasteiger partial charge in [0, 0.05) is 57.0 Å². The van der Waals surface area contributed by atoms with Crippen molar-refractivity contribution in [1.82, 2.24) is 29.7 Å². The van der Waals surface area contributed by atoms with Crippen LogP contribution in [0, 0.1) is 0 Å². The number of aliphatic hydroxyl groups is 1. The van der Waals surface area contributed by atoms with Gasteiger partial charge in [-0.1, -0.05) is 0 Å². The Labute approximate surface area is 151 Å². The van der Waals surface area contributed by atoms with Gasteiger partial charge in [0.2, 0.25) is 5.95 Å². The first-order chi connectivity index (χ1) is 12.7. The Kier molecular flexibility index (Phi) is 4.72. The van der Waals surface area contributed by atoms with Crippen LogP contribution >= 0.6 is 0 Å². The van der Waals surface area contributed by atoms with Crippen LogP contribution < -0.4 is 5.32 Å². The molecule has 2 fully saturated rings. The van der Waals surface area contributed by atoms with Crippen molar-refractivity contribution in [2.45, 2.75) is 25.1 Å². The van der Waals surface area contributed by atoms with Gasteiger partial charge in [-0.15, -0.1) is 0 Å². The lowest BCUT2D eigenvalue weighted by Gasteiger charge is -2.37. The van der Waals surface area contributed by atoms with Crippen molar-refractivity contribution in [1.29, 1.82) is 0 Å². The van der Waals surface area contributed by atoms with E-state index < -0.39 is 0 Å². The molecule has 0 aromatic carbocycles. The van der Waals surface area contributed by atoms with Gasteiger partial charge in [0.15, 0.2) is 0 Å². The minimum absolute atomic E-state index is 0.0634. The molecule has 26 heavy (non-hydrogen) atoms. The molecule has 1 amide bonds. The monoisotopic (exact) mass is 355 g/mol. The number of hydrogen-bond donors (Lipinski definition) is 2. The smallest absolute Gasteiger partial charge is 0.257 e. The second-order valence-electron chi connectivity index (χ2n) is 6.64. The van der Waals surface area contributed by atoms with Crippen molar-refractivity contribution < 1.29 is 9.90 Å². The molecule has 2 N–H and O–H groups in total. The van der Waals surface area contributed by atoms with Crippen LogP contribution in [0.25, 0.3) is 0 Å². The predicted molar refractivity (Wildman–Crippen MR) is 93.3 cm³/mol. The highest BCUT2D eigenvalue weighted by molar-refractivity contribution is 5.93. The third kappa shape index (κ3) is 3.63. The molecular weight excluding hydrogens is 334 g/mol. The summed E-state index contributed by atoms with van der Waals surface area (Å²) in [6.07, 6.45) is 8.46. The number of nitrogens with one attached hydrogen (secondary N) is 1. The first-order valence-corrected chi connectivity index (χ1v) is 8.71. The second-order valence-corrected chi connectivity index (χ2v) is 6.64. The molecule has 2 saturated heterocycles. The van der Waals surface area contributed by atoms with Crippen molar-refractivity contribution in [3.63, 3.8) is 0 Å². The molecule has 4 rings (SSSR count). The van der Waals surface area contributed by atoms with E-state index in [-0.39, 0.29) is 18.1 Å². The lowest BCUT2D eigenvalue weighted by atomic mass is 10.1. The van der Waals surface area contributed by atoms with Gasteiger partial charge in [-0.3, -0.25) is 19.7 Å². The maximum atomic E-state index is 12.7. The highest BCUT2D eigenvalue weighted by Crippen LogP contribution is 2.23. The zero-order valence-corrected chi connectivity index (χ0v) is 14.3. The van der Waals surface area contributed by atoms with Crippen LogP contribution in [-0.4, -0.2) is 79.1 Å². The van der Waals surface area contributed by atoms with Gasteiger partial charge in [-0.25, -0.2) is 9.97 Å². The summed E-state index contributed by atoms with van der Waals surface area (Å²) in [5, 5.41) is 12.8. The van der Waals surface area contributed by atoms with Crippen LogP contribution in [0.4, 0.5) is 5.95 Å². The molecular formula is C17H21N7O2. The summed E-state index contributed by atoms with van der Waals surface area (Å²) >= 11 is 0. The molecule has 2 aromatic heterocycles. The summed E-state index contributed by atoms with van der Waals surface area (Å²) in [7, 11) is 0. The highest BCUT2D eigenvalue weighted by atomic mass is 16.3. The summed E-state index contributed by atoms with van der Waals surface area (Å²) in [6.45, 7) is 3.28. The molecule has 0 bridgehead atoms. The molecule has 9 heteroatoms. The first-order valence-electron chi connectivity index (χ1n) is 8.71. The Balaban J connectivity index is 1.35. The van der Waals surface area contributed by atoms with Gasteiger partial charge in [0.05, 0.1) is 30.1 Å². The summed E-state index contributed by atoms with van der Waals surface area (Å²) < 4.78 is 0. The number of aliphatic hydroxyl groups excluding tert-OH is 1. The Morgan fingerprint density at radius 1 is 1.15 bits per heavy atom. The van der Waals surface area contributed by atoms with Crippen LogP contribution in [0.15, 0.2) is 31.0 Å². The van der Waals surface area contributed by atoms with Crippen molar-refractivity contribution in [2.75, 3.05) is 31.5 Å². The van der Waals surface area contributed by atoms with Crippen molar-refractivity contribution in [2.24, 2.45) is 0 Å².